The first-order chi connectivity index (χ1) is 14.5. The number of morpholine rings is 1. The summed E-state index contributed by atoms with van der Waals surface area (Å²) in [5, 5.41) is 2.60. The normalized spacial score (nSPS) is 20.4. The van der Waals surface area contributed by atoms with Gasteiger partial charge in [0.1, 0.15) is 0 Å². The van der Waals surface area contributed by atoms with E-state index in [0.29, 0.717) is 5.56 Å². The van der Waals surface area contributed by atoms with Crippen LogP contribution in [0.1, 0.15) is 35.3 Å². The lowest BCUT2D eigenvalue weighted by molar-refractivity contribution is -0.137. The van der Waals surface area contributed by atoms with Crippen molar-refractivity contribution in [2.75, 3.05) is 13.1 Å². The molecule has 1 saturated heterocycles. The summed E-state index contributed by atoms with van der Waals surface area (Å²) in [5.74, 6) is -0.527. The second-order valence-electron chi connectivity index (χ2n) is 7.48. The molecule has 0 bridgehead atoms. The molecule has 2 atom stereocenters. The Morgan fingerprint density at radius 3 is 2.29 bits per heavy atom. The number of hydrogen-bond donors (Lipinski definition) is 1. The molecule has 2 aromatic rings. The largest absolute Gasteiger partial charge is 0.416 e. The third-order valence-electron chi connectivity index (χ3n) is 4.85. The smallest absolute Gasteiger partial charge is 0.373 e. The maximum absolute atomic E-state index is 13.0. The van der Waals surface area contributed by atoms with Crippen LogP contribution in [0.3, 0.4) is 0 Å². The van der Waals surface area contributed by atoms with Crippen molar-refractivity contribution in [2.24, 2.45) is 0 Å². The lowest BCUT2D eigenvalue weighted by Crippen LogP contribution is -2.48. The zero-order valence-electron chi connectivity index (χ0n) is 17.0. The molecule has 1 aliphatic heterocycles. The van der Waals surface area contributed by atoms with Crippen LogP contribution >= 0.6 is 0 Å². The van der Waals surface area contributed by atoms with E-state index < -0.39 is 27.7 Å². The summed E-state index contributed by atoms with van der Waals surface area (Å²) in [5.41, 5.74) is -0.143. The number of alkyl halides is 3. The molecule has 10 heteroatoms. The lowest BCUT2D eigenvalue weighted by Gasteiger charge is -2.34. The summed E-state index contributed by atoms with van der Waals surface area (Å²) in [4.78, 5) is 12.5. The Balaban J connectivity index is 1.70. The molecule has 1 aliphatic rings. The molecule has 31 heavy (non-hydrogen) atoms. The molecular formula is C21H23F3N2O4S. The molecule has 6 nitrogen and oxygen atoms in total. The van der Waals surface area contributed by atoms with E-state index in [1.165, 1.54) is 40.7 Å². The van der Waals surface area contributed by atoms with Crippen LogP contribution in [0.4, 0.5) is 13.2 Å². The fraction of sp³-hybridized carbons (Fsp3) is 0.381. The van der Waals surface area contributed by atoms with Gasteiger partial charge in [-0.05, 0) is 49.7 Å². The van der Waals surface area contributed by atoms with Crippen LogP contribution in [0.5, 0.6) is 0 Å². The SMILES string of the molecule is C[C@H]1CN(S(=O)(=O)c2cccc(C(=O)NCc3ccc(C(F)(F)F)cc3)c2)C[C@H](C)O1. The van der Waals surface area contributed by atoms with Gasteiger partial charge in [0.15, 0.2) is 0 Å². The third kappa shape index (κ3) is 5.63. The Morgan fingerprint density at radius 1 is 1.10 bits per heavy atom. The van der Waals surface area contributed by atoms with Gasteiger partial charge in [0, 0.05) is 25.2 Å². The highest BCUT2D eigenvalue weighted by atomic mass is 32.2. The number of hydrogen-bond acceptors (Lipinski definition) is 4. The zero-order valence-corrected chi connectivity index (χ0v) is 17.8. The Kier molecular flexibility index (Phi) is 6.73. The molecule has 0 aliphatic carbocycles. The number of amides is 1. The first-order valence-electron chi connectivity index (χ1n) is 9.67. The molecule has 0 aromatic heterocycles. The van der Waals surface area contributed by atoms with Gasteiger partial charge in [-0.3, -0.25) is 4.79 Å². The van der Waals surface area contributed by atoms with Crippen LogP contribution in [0.15, 0.2) is 53.4 Å². The highest BCUT2D eigenvalue weighted by molar-refractivity contribution is 7.89. The lowest BCUT2D eigenvalue weighted by atomic mass is 10.1. The summed E-state index contributed by atoms with van der Waals surface area (Å²) in [6, 6.07) is 10.1. The minimum absolute atomic E-state index is 0.00372. The van der Waals surface area contributed by atoms with Crippen molar-refractivity contribution in [3.63, 3.8) is 0 Å². The standard InChI is InChI=1S/C21H23F3N2O4S/c1-14-12-26(13-15(2)30-14)31(28,29)19-5-3-4-17(10-19)20(27)25-11-16-6-8-18(9-7-16)21(22,23)24/h3-10,14-15H,11-13H2,1-2H3,(H,25,27)/t14-,15-/m0/s1. The summed E-state index contributed by atoms with van der Waals surface area (Å²) in [6.45, 7) is 4.03. The molecule has 1 fully saturated rings. The van der Waals surface area contributed by atoms with Crippen LogP contribution in [0.25, 0.3) is 0 Å². The fourth-order valence-electron chi connectivity index (χ4n) is 3.37. The number of halogens is 3. The van der Waals surface area contributed by atoms with Crippen molar-refractivity contribution in [1.29, 1.82) is 0 Å². The molecule has 168 valence electrons. The van der Waals surface area contributed by atoms with Crippen molar-refractivity contribution in [2.45, 2.75) is 43.7 Å². The van der Waals surface area contributed by atoms with Crippen molar-refractivity contribution in [1.82, 2.24) is 9.62 Å². The van der Waals surface area contributed by atoms with Crippen LogP contribution in [-0.2, 0) is 27.5 Å². The highest BCUT2D eigenvalue weighted by Gasteiger charge is 2.32. The average molecular weight is 456 g/mol. The summed E-state index contributed by atoms with van der Waals surface area (Å²) >= 11 is 0. The number of carbonyl (C=O) groups is 1. The molecule has 0 spiro atoms. The Morgan fingerprint density at radius 2 is 1.71 bits per heavy atom. The van der Waals surface area contributed by atoms with Crippen molar-refractivity contribution in [3.05, 3.63) is 65.2 Å². The number of ether oxygens (including phenoxy) is 1. The number of carbonyl (C=O) groups excluding carboxylic acids is 1. The highest BCUT2D eigenvalue weighted by Crippen LogP contribution is 2.29. The second kappa shape index (κ2) is 8.97. The molecule has 0 saturated carbocycles. The average Bonchev–Trinajstić information content (AvgIpc) is 2.71. The molecule has 0 radical (unpaired) electrons. The second-order valence-corrected chi connectivity index (χ2v) is 9.42. The van der Waals surface area contributed by atoms with Crippen molar-refractivity contribution < 1.29 is 31.1 Å². The molecule has 0 unspecified atom stereocenters. The van der Waals surface area contributed by atoms with Gasteiger partial charge in [-0.25, -0.2) is 8.42 Å². The predicted molar refractivity (Wildman–Crippen MR) is 108 cm³/mol. The minimum atomic E-state index is -4.43. The van der Waals surface area contributed by atoms with E-state index in [4.69, 9.17) is 4.74 Å². The van der Waals surface area contributed by atoms with E-state index >= 15 is 0 Å². The first kappa shape index (κ1) is 23.2. The van der Waals surface area contributed by atoms with Gasteiger partial charge in [-0.15, -0.1) is 0 Å². The van der Waals surface area contributed by atoms with E-state index in [0.717, 1.165) is 12.1 Å². The molecular weight excluding hydrogens is 433 g/mol. The van der Waals surface area contributed by atoms with Gasteiger partial charge in [0.05, 0.1) is 22.7 Å². The van der Waals surface area contributed by atoms with Crippen molar-refractivity contribution in [3.8, 4) is 0 Å². The van der Waals surface area contributed by atoms with Gasteiger partial charge in [-0.1, -0.05) is 18.2 Å². The van der Waals surface area contributed by atoms with Crippen LogP contribution in [-0.4, -0.2) is 43.9 Å². The van der Waals surface area contributed by atoms with Crippen LogP contribution in [0.2, 0.25) is 0 Å². The van der Waals surface area contributed by atoms with Gasteiger partial charge in [0.25, 0.3) is 5.91 Å². The summed E-state index contributed by atoms with van der Waals surface area (Å²) in [7, 11) is -3.80. The maximum atomic E-state index is 13.0. The Labute approximate surface area is 179 Å². The third-order valence-corrected chi connectivity index (χ3v) is 6.68. The molecule has 3 rings (SSSR count). The predicted octanol–water partition coefficient (Wildman–Crippen LogP) is 3.43. The topological polar surface area (TPSA) is 75.7 Å². The summed E-state index contributed by atoms with van der Waals surface area (Å²) < 4.78 is 70.8. The van der Waals surface area contributed by atoms with Crippen LogP contribution < -0.4 is 5.32 Å². The van der Waals surface area contributed by atoms with Gasteiger partial charge < -0.3 is 10.1 Å². The van der Waals surface area contributed by atoms with Gasteiger partial charge >= 0.3 is 6.18 Å². The molecule has 1 N–H and O–H groups in total. The number of nitrogens with zero attached hydrogens (tertiary/aromatic N) is 1. The number of nitrogens with one attached hydrogen (secondary N) is 1. The summed E-state index contributed by atoms with van der Waals surface area (Å²) in [6.07, 6.45) is -4.91. The molecule has 1 heterocycles. The monoisotopic (exact) mass is 456 g/mol. The first-order valence-corrected chi connectivity index (χ1v) is 11.1. The van der Waals surface area contributed by atoms with E-state index in [-0.39, 0.29) is 42.3 Å². The van der Waals surface area contributed by atoms with E-state index in [1.807, 2.05) is 0 Å². The molecule has 2 aromatic carbocycles. The van der Waals surface area contributed by atoms with E-state index in [2.05, 4.69) is 5.32 Å². The minimum Gasteiger partial charge on any atom is -0.373 e. The van der Waals surface area contributed by atoms with Crippen molar-refractivity contribution >= 4 is 15.9 Å². The maximum Gasteiger partial charge on any atom is 0.416 e. The number of benzene rings is 2. The Bertz CT molecular complexity index is 1030. The van der Waals surface area contributed by atoms with E-state index in [1.54, 1.807) is 13.8 Å². The van der Waals surface area contributed by atoms with Gasteiger partial charge in [0.2, 0.25) is 10.0 Å². The Hall–Kier alpha value is -2.43. The fourth-order valence-corrected chi connectivity index (χ4v) is 5.01. The quantitative estimate of drug-likeness (QED) is 0.748. The number of sulfonamides is 1. The zero-order chi connectivity index (χ0) is 22.8. The van der Waals surface area contributed by atoms with Crippen LogP contribution in [0, 0.1) is 0 Å². The van der Waals surface area contributed by atoms with E-state index in [9.17, 15) is 26.4 Å². The van der Waals surface area contributed by atoms with Gasteiger partial charge in [-0.2, -0.15) is 17.5 Å². The molecule has 1 amide bonds. The number of rotatable bonds is 5.